The van der Waals surface area contributed by atoms with Crippen LogP contribution in [0.4, 0.5) is 11.4 Å². The van der Waals surface area contributed by atoms with Gasteiger partial charge in [-0.1, -0.05) is 24.3 Å². The summed E-state index contributed by atoms with van der Waals surface area (Å²) in [5.41, 5.74) is 7.19. The van der Waals surface area contributed by atoms with Crippen molar-refractivity contribution in [2.45, 2.75) is 6.04 Å². The van der Waals surface area contributed by atoms with Gasteiger partial charge in [-0.05, 0) is 23.3 Å². The number of fused-ring (bicyclic) bond motifs is 1. The van der Waals surface area contributed by atoms with Crippen molar-refractivity contribution in [3.63, 3.8) is 0 Å². The van der Waals surface area contributed by atoms with Gasteiger partial charge in [0.2, 0.25) is 0 Å². The lowest BCUT2D eigenvalue weighted by Gasteiger charge is -2.18. The highest BCUT2D eigenvalue weighted by Gasteiger charge is 2.26. The predicted octanol–water partition coefficient (Wildman–Crippen LogP) is 2.87. The number of nitrogens with zero attached hydrogens (tertiary/aromatic N) is 3. The van der Waals surface area contributed by atoms with Crippen LogP contribution in [-0.2, 0) is 0 Å². The Labute approximate surface area is 119 Å². The Morgan fingerprint density at radius 2 is 1.95 bits per heavy atom. The summed E-state index contributed by atoms with van der Waals surface area (Å²) < 4.78 is 0. The second-order valence-corrected chi connectivity index (χ2v) is 4.59. The van der Waals surface area contributed by atoms with Crippen molar-refractivity contribution in [3.8, 4) is 0 Å². The number of nitro groups is 1. The molecule has 7 nitrogen and oxygen atoms in total. The molecule has 0 fully saturated rings. The van der Waals surface area contributed by atoms with E-state index in [4.69, 9.17) is 5.73 Å². The van der Waals surface area contributed by atoms with Gasteiger partial charge in [0.15, 0.2) is 0 Å². The van der Waals surface area contributed by atoms with E-state index in [-0.39, 0.29) is 11.4 Å². The quantitative estimate of drug-likeness (QED) is 0.518. The van der Waals surface area contributed by atoms with E-state index in [2.05, 4.69) is 10.2 Å². The molecule has 0 radical (unpaired) electrons. The first-order valence-electron chi connectivity index (χ1n) is 6.16. The zero-order valence-electron chi connectivity index (χ0n) is 10.8. The molecule has 1 heterocycles. The smallest absolute Gasteiger partial charge is 0.295 e. The Morgan fingerprint density at radius 1 is 1.19 bits per heavy atom. The van der Waals surface area contributed by atoms with E-state index < -0.39 is 16.9 Å². The molecular formula is C14H10N4O3. The van der Waals surface area contributed by atoms with Crippen molar-refractivity contribution in [1.82, 2.24) is 0 Å². The molecule has 2 aromatic rings. The molecule has 104 valence electrons. The number of hydrogen-bond donors (Lipinski definition) is 1. The van der Waals surface area contributed by atoms with Crippen LogP contribution < -0.4 is 5.73 Å². The fourth-order valence-electron chi connectivity index (χ4n) is 2.29. The largest absolute Gasteiger partial charge is 0.393 e. The van der Waals surface area contributed by atoms with E-state index >= 15 is 0 Å². The first-order chi connectivity index (χ1) is 10.1. The number of azo groups is 1. The minimum atomic E-state index is -0.546. The summed E-state index contributed by atoms with van der Waals surface area (Å²) in [5, 5.41) is 18.5. The van der Waals surface area contributed by atoms with Crippen molar-refractivity contribution in [1.29, 1.82) is 0 Å². The lowest BCUT2D eigenvalue weighted by atomic mass is 9.93. The Hall–Kier alpha value is -3.09. The minimum absolute atomic E-state index is 0.0841. The van der Waals surface area contributed by atoms with Gasteiger partial charge in [0, 0.05) is 11.6 Å². The van der Waals surface area contributed by atoms with Gasteiger partial charge in [0.1, 0.15) is 11.7 Å². The summed E-state index contributed by atoms with van der Waals surface area (Å²) in [6.45, 7) is 0. The molecule has 0 bridgehead atoms. The summed E-state index contributed by atoms with van der Waals surface area (Å²) in [5.74, 6) is -0.410. The summed E-state index contributed by atoms with van der Waals surface area (Å²) in [6.07, 6.45) is 0. The normalized spacial score (nSPS) is 16.6. The van der Waals surface area contributed by atoms with Crippen molar-refractivity contribution in [3.05, 3.63) is 69.3 Å². The average Bonchev–Trinajstić information content (AvgIpc) is 2.48. The highest BCUT2D eigenvalue weighted by molar-refractivity contribution is 5.97. The molecule has 2 aromatic carbocycles. The second kappa shape index (κ2) is 4.78. The summed E-state index contributed by atoms with van der Waals surface area (Å²) in [7, 11) is 0. The van der Waals surface area contributed by atoms with Gasteiger partial charge in [0.05, 0.1) is 4.92 Å². The van der Waals surface area contributed by atoms with Crippen LogP contribution in [0, 0.1) is 10.1 Å². The van der Waals surface area contributed by atoms with Crippen LogP contribution in [0.2, 0.25) is 0 Å². The standard InChI is InChI=1S/C14H10N4O3/c15-11-6-5-8(7-12(11)18(20)21)13-9-3-1-2-4-10(9)14(19)17-16-13/h1-7,13H,15H2. The first-order valence-corrected chi connectivity index (χ1v) is 6.16. The number of amides is 1. The SMILES string of the molecule is Nc1ccc(C2N=NC(=O)c3ccccc32)cc1[N+](=O)[O-]. The van der Waals surface area contributed by atoms with Crippen LogP contribution in [0.3, 0.4) is 0 Å². The van der Waals surface area contributed by atoms with Gasteiger partial charge in [0.25, 0.3) is 11.6 Å². The maximum Gasteiger partial charge on any atom is 0.295 e. The topological polar surface area (TPSA) is 111 Å². The van der Waals surface area contributed by atoms with E-state index in [1.165, 1.54) is 12.1 Å². The number of rotatable bonds is 2. The molecule has 0 saturated heterocycles. The third kappa shape index (κ3) is 2.14. The van der Waals surface area contributed by atoms with E-state index in [0.29, 0.717) is 16.7 Å². The van der Waals surface area contributed by atoms with Crippen LogP contribution in [-0.4, -0.2) is 10.8 Å². The van der Waals surface area contributed by atoms with Crippen molar-refractivity contribution >= 4 is 17.3 Å². The third-order valence-electron chi connectivity index (χ3n) is 3.32. The number of benzene rings is 2. The lowest BCUT2D eigenvalue weighted by molar-refractivity contribution is -0.384. The zero-order valence-corrected chi connectivity index (χ0v) is 10.8. The number of anilines is 1. The maximum absolute atomic E-state index is 11.7. The summed E-state index contributed by atoms with van der Waals surface area (Å²) in [4.78, 5) is 22.1. The van der Waals surface area contributed by atoms with Crippen molar-refractivity contribution in [2.24, 2.45) is 10.2 Å². The molecular weight excluding hydrogens is 272 g/mol. The number of nitro benzene ring substituents is 1. The van der Waals surface area contributed by atoms with Gasteiger partial charge in [-0.15, -0.1) is 5.11 Å². The molecule has 0 spiro atoms. The van der Waals surface area contributed by atoms with Crippen molar-refractivity contribution in [2.75, 3.05) is 5.73 Å². The Kier molecular flexibility index (Phi) is 2.94. The van der Waals surface area contributed by atoms with Crippen LogP contribution in [0.1, 0.15) is 27.5 Å². The minimum Gasteiger partial charge on any atom is -0.393 e. The summed E-state index contributed by atoms with van der Waals surface area (Å²) >= 11 is 0. The second-order valence-electron chi connectivity index (χ2n) is 4.59. The molecule has 0 aromatic heterocycles. The number of carbonyl (C=O) groups is 1. The Bertz CT molecular complexity index is 786. The molecule has 21 heavy (non-hydrogen) atoms. The molecule has 3 rings (SSSR count). The van der Waals surface area contributed by atoms with Gasteiger partial charge in [-0.3, -0.25) is 14.9 Å². The van der Waals surface area contributed by atoms with Crippen molar-refractivity contribution < 1.29 is 9.72 Å². The first kappa shape index (κ1) is 12.9. The fourth-order valence-corrected chi connectivity index (χ4v) is 2.29. The van der Waals surface area contributed by atoms with Gasteiger partial charge >= 0.3 is 0 Å². The molecule has 0 saturated carbocycles. The van der Waals surface area contributed by atoms with Crippen LogP contribution in [0.5, 0.6) is 0 Å². The van der Waals surface area contributed by atoms with E-state index in [0.717, 1.165) is 0 Å². The maximum atomic E-state index is 11.7. The monoisotopic (exact) mass is 282 g/mol. The lowest BCUT2D eigenvalue weighted by Crippen LogP contribution is -2.11. The molecule has 1 aliphatic heterocycles. The third-order valence-corrected chi connectivity index (χ3v) is 3.32. The Morgan fingerprint density at radius 3 is 2.71 bits per heavy atom. The van der Waals surface area contributed by atoms with Gasteiger partial charge < -0.3 is 5.73 Å². The van der Waals surface area contributed by atoms with E-state index in [1.807, 2.05) is 0 Å². The molecule has 1 amide bonds. The van der Waals surface area contributed by atoms with Gasteiger partial charge in [-0.25, -0.2) is 0 Å². The molecule has 1 aliphatic rings. The highest BCUT2D eigenvalue weighted by atomic mass is 16.6. The zero-order chi connectivity index (χ0) is 15.0. The predicted molar refractivity (Wildman–Crippen MR) is 75.0 cm³/mol. The highest BCUT2D eigenvalue weighted by Crippen LogP contribution is 2.35. The molecule has 1 unspecified atom stereocenters. The number of hydrogen-bond acceptors (Lipinski definition) is 5. The van der Waals surface area contributed by atoms with Crippen LogP contribution in [0.15, 0.2) is 52.7 Å². The van der Waals surface area contributed by atoms with Crippen LogP contribution >= 0.6 is 0 Å². The van der Waals surface area contributed by atoms with Gasteiger partial charge in [-0.2, -0.15) is 5.11 Å². The fraction of sp³-hybridized carbons (Fsp3) is 0.0714. The average molecular weight is 282 g/mol. The number of nitrogens with two attached hydrogens (primary N) is 1. The van der Waals surface area contributed by atoms with E-state index in [1.54, 1.807) is 30.3 Å². The van der Waals surface area contributed by atoms with E-state index in [9.17, 15) is 14.9 Å². The van der Waals surface area contributed by atoms with Crippen LogP contribution in [0.25, 0.3) is 0 Å². The molecule has 0 aliphatic carbocycles. The molecule has 1 atom stereocenters. The molecule has 2 N–H and O–H groups in total. The Balaban J connectivity index is 2.13. The molecule has 7 heteroatoms. The number of nitrogen functional groups attached to an aromatic ring is 1. The number of carbonyl (C=O) groups excluding carboxylic acids is 1. The summed E-state index contributed by atoms with van der Waals surface area (Å²) in [6, 6.07) is 10.9.